The van der Waals surface area contributed by atoms with E-state index in [1.807, 2.05) is 6.07 Å². The summed E-state index contributed by atoms with van der Waals surface area (Å²) in [6.45, 7) is 1.29. The van der Waals surface area contributed by atoms with Gasteiger partial charge < -0.3 is 9.94 Å². The van der Waals surface area contributed by atoms with Crippen molar-refractivity contribution in [3.8, 4) is 0 Å². The maximum atomic E-state index is 12.9. The second-order valence-electron chi connectivity index (χ2n) is 5.24. The molecule has 2 aliphatic heterocycles. The zero-order chi connectivity index (χ0) is 14.9. The lowest BCUT2D eigenvalue weighted by atomic mass is 10.0. The molecular formula is C14H18N2O4S. The number of sulfonamides is 1. The molecule has 21 heavy (non-hydrogen) atoms. The molecule has 2 aliphatic rings. The number of anilines is 1. The molecule has 1 aromatic rings. The van der Waals surface area contributed by atoms with Crippen molar-refractivity contribution >= 4 is 21.4 Å². The number of nitrogens with zero attached hydrogens (tertiary/aromatic N) is 2. The molecule has 114 valence electrons. The number of benzene rings is 1. The lowest BCUT2D eigenvalue weighted by Gasteiger charge is -2.34. The van der Waals surface area contributed by atoms with Crippen molar-refractivity contribution in [3.63, 3.8) is 0 Å². The van der Waals surface area contributed by atoms with Gasteiger partial charge in [-0.05, 0) is 18.9 Å². The lowest BCUT2D eigenvalue weighted by molar-refractivity contribution is 0.0983. The topological polar surface area (TPSA) is 79.2 Å². The minimum Gasteiger partial charge on any atom is -0.411 e. The van der Waals surface area contributed by atoms with Gasteiger partial charge in [0.05, 0.1) is 16.6 Å². The smallest absolute Gasteiger partial charge is 0.238 e. The molecule has 0 unspecified atom stereocenters. The Kier molecular flexibility index (Phi) is 3.86. The highest BCUT2D eigenvalue weighted by Gasteiger charge is 2.36. The van der Waals surface area contributed by atoms with Gasteiger partial charge in [-0.25, -0.2) is 8.42 Å². The fourth-order valence-electron chi connectivity index (χ4n) is 2.92. The first-order valence-corrected chi connectivity index (χ1v) is 8.54. The van der Waals surface area contributed by atoms with Gasteiger partial charge in [0.25, 0.3) is 0 Å². The quantitative estimate of drug-likeness (QED) is 0.664. The number of rotatable bonds is 2. The summed E-state index contributed by atoms with van der Waals surface area (Å²) in [6, 6.07) is 7.16. The summed E-state index contributed by atoms with van der Waals surface area (Å²) in [7, 11) is -3.41. The second-order valence-corrected chi connectivity index (χ2v) is 7.38. The van der Waals surface area contributed by atoms with Crippen molar-refractivity contribution in [2.24, 2.45) is 5.16 Å². The highest BCUT2D eigenvalue weighted by molar-refractivity contribution is 7.93. The molecule has 0 aliphatic carbocycles. The third kappa shape index (κ3) is 2.51. The Morgan fingerprint density at radius 2 is 1.95 bits per heavy atom. The first kappa shape index (κ1) is 14.3. The predicted molar refractivity (Wildman–Crippen MR) is 79.5 cm³/mol. The fourth-order valence-corrected chi connectivity index (χ4v) is 4.85. The Labute approximate surface area is 124 Å². The molecule has 6 nitrogen and oxygen atoms in total. The number of oxime groups is 1. The van der Waals surface area contributed by atoms with Gasteiger partial charge in [0.15, 0.2) is 0 Å². The summed E-state index contributed by atoms with van der Waals surface area (Å²) in [5, 5.41) is 12.0. The molecular weight excluding hydrogens is 292 g/mol. The van der Waals surface area contributed by atoms with Crippen LogP contribution < -0.4 is 4.31 Å². The van der Waals surface area contributed by atoms with E-state index in [0.29, 0.717) is 56.0 Å². The van der Waals surface area contributed by atoms with Crippen molar-refractivity contribution in [2.45, 2.75) is 24.5 Å². The van der Waals surface area contributed by atoms with E-state index in [-0.39, 0.29) is 0 Å². The maximum Gasteiger partial charge on any atom is 0.238 e. The highest BCUT2D eigenvalue weighted by atomic mass is 32.2. The van der Waals surface area contributed by atoms with E-state index >= 15 is 0 Å². The Hall–Kier alpha value is -1.60. The second kappa shape index (κ2) is 5.65. The Balaban J connectivity index is 1.99. The summed E-state index contributed by atoms with van der Waals surface area (Å²) in [5.41, 5.74) is 1.81. The summed E-state index contributed by atoms with van der Waals surface area (Å²) in [5.74, 6) is 0. The number of fused-ring (bicyclic) bond motifs is 1. The zero-order valence-electron chi connectivity index (χ0n) is 11.6. The van der Waals surface area contributed by atoms with Crippen LogP contribution in [0.1, 0.15) is 24.8 Å². The van der Waals surface area contributed by atoms with Crippen LogP contribution >= 0.6 is 0 Å². The number of hydrogen-bond acceptors (Lipinski definition) is 5. The Morgan fingerprint density at radius 3 is 2.67 bits per heavy atom. The molecule has 0 saturated carbocycles. The monoisotopic (exact) mass is 310 g/mol. The SMILES string of the molecule is O=S(=O)(C1CCOCC1)N1CCC(=NO)c2ccccc21. The fraction of sp³-hybridized carbons (Fsp3) is 0.500. The molecule has 1 N–H and O–H groups in total. The van der Waals surface area contributed by atoms with E-state index in [0.717, 1.165) is 0 Å². The van der Waals surface area contributed by atoms with Crippen LogP contribution in [0.15, 0.2) is 29.4 Å². The van der Waals surface area contributed by atoms with Gasteiger partial charge >= 0.3 is 0 Å². The molecule has 0 bridgehead atoms. The largest absolute Gasteiger partial charge is 0.411 e. The van der Waals surface area contributed by atoms with Crippen molar-refractivity contribution in [1.29, 1.82) is 0 Å². The van der Waals surface area contributed by atoms with Crippen LogP contribution in [0.25, 0.3) is 0 Å². The van der Waals surface area contributed by atoms with Crippen molar-refractivity contribution in [1.82, 2.24) is 0 Å². The minimum absolute atomic E-state index is 0.316. The van der Waals surface area contributed by atoms with Crippen LogP contribution in [0, 0.1) is 0 Å². The average molecular weight is 310 g/mol. The predicted octanol–water partition coefficient (Wildman–Crippen LogP) is 1.58. The van der Waals surface area contributed by atoms with Gasteiger partial charge in [-0.2, -0.15) is 0 Å². The van der Waals surface area contributed by atoms with Gasteiger partial charge in [-0.1, -0.05) is 23.4 Å². The highest BCUT2D eigenvalue weighted by Crippen LogP contribution is 2.32. The molecule has 1 aromatic carbocycles. The Bertz CT molecular complexity index is 651. The van der Waals surface area contributed by atoms with E-state index in [1.165, 1.54) is 4.31 Å². The summed E-state index contributed by atoms with van der Waals surface area (Å²) in [6.07, 6.45) is 1.47. The normalized spacial score (nSPS) is 22.3. The molecule has 0 amide bonds. The number of para-hydroxylation sites is 1. The van der Waals surface area contributed by atoms with E-state index in [4.69, 9.17) is 9.94 Å². The van der Waals surface area contributed by atoms with Crippen LogP contribution in [-0.2, 0) is 14.8 Å². The van der Waals surface area contributed by atoms with Gasteiger partial charge in [-0.3, -0.25) is 4.31 Å². The van der Waals surface area contributed by atoms with Crippen LogP contribution in [-0.4, -0.2) is 44.3 Å². The van der Waals surface area contributed by atoms with Crippen molar-refractivity contribution < 1.29 is 18.4 Å². The lowest BCUT2D eigenvalue weighted by Crippen LogP contribution is -2.44. The van der Waals surface area contributed by atoms with E-state index in [9.17, 15) is 8.42 Å². The minimum atomic E-state index is -3.41. The van der Waals surface area contributed by atoms with Crippen LogP contribution in [0.4, 0.5) is 5.69 Å². The molecule has 1 saturated heterocycles. The summed E-state index contributed by atoms with van der Waals surface area (Å²) in [4.78, 5) is 0. The standard InChI is InChI=1S/C14H18N2O4S/c17-15-13-5-8-16(14-4-2-1-3-12(13)14)21(18,19)11-6-9-20-10-7-11/h1-4,11,17H,5-10H2. The third-order valence-electron chi connectivity index (χ3n) is 4.05. The van der Waals surface area contributed by atoms with E-state index in [2.05, 4.69) is 5.16 Å². The zero-order valence-corrected chi connectivity index (χ0v) is 12.4. The molecule has 2 heterocycles. The number of ether oxygens (including phenoxy) is 1. The molecule has 0 atom stereocenters. The molecule has 0 spiro atoms. The third-order valence-corrected chi connectivity index (χ3v) is 6.36. The van der Waals surface area contributed by atoms with Gasteiger partial charge in [0, 0.05) is 31.7 Å². The molecule has 7 heteroatoms. The maximum absolute atomic E-state index is 12.9. The molecule has 1 fully saturated rings. The van der Waals surface area contributed by atoms with Crippen molar-refractivity contribution in [3.05, 3.63) is 29.8 Å². The van der Waals surface area contributed by atoms with E-state index in [1.54, 1.807) is 18.2 Å². The molecule has 0 aromatic heterocycles. The molecule has 3 rings (SSSR count). The van der Waals surface area contributed by atoms with E-state index < -0.39 is 15.3 Å². The van der Waals surface area contributed by atoms with Crippen LogP contribution in [0.2, 0.25) is 0 Å². The first-order chi connectivity index (χ1) is 10.1. The van der Waals surface area contributed by atoms with Crippen molar-refractivity contribution in [2.75, 3.05) is 24.1 Å². The van der Waals surface area contributed by atoms with Crippen LogP contribution in [0.3, 0.4) is 0 Å². The molecule has 0 radical (unpaired) electrons. The van der Waals surface area contributed by atoms with Gasteiger partial charge in [0.2, 0.25) is 10.0 Å². The van der Waals surface area contributed by atoms with Gasteiger partial charge in [0.1, 0.15) is 0 Å². The summed E-state index contributed by atoms with van der Waals surface area (Å²) < 4.78 is 32.4. The summed E-state index contributed by atoms with van der Waals surface area (Å²) >= 11 is 0. The average Bonchev–Trinajstić information content (AvgIpc) is 2.54. The van der Waals surface area contributed by atoms with Gasteiger partial charge in [-0.15, -0.1) is 0 Å². The Morgan fingerprint density at radius 1 is 1.24 bits per heavy atom. The number of hydrogen-bond donors (Lipinski definition) is 1. The van der Waals surface area contributed by atoms with Crippen LogP contribution in [0.5, 0.6) is 0 Å². The first-order valence-electron chi connectivity index (χ1n) is 7.04.